The van der Waals surface area contributed by atoms with Crippen LogP contribution in [0.3, 0.4) is 0 Å². The lowest BCUT2D eigenvalue weighted by molar-refractivity contribution is 0.148. The van der Waals surface area contributed by atoms with Crippen LogP contribution in [-0.2, 0) is 0 Å². The molecule has 15 heavy (non-hydrogen) atoms. The first-order valence-corrected chi connectivity index (χ1v) is 5.63. The van der Waals surface area contributed by atoms with E-state index in [9.17, 15) is 5.11 Å². The highest BCUT2D eigenvalue weighted by atomic mass is 16.3. The van der Waals surface area contributed by atoms with Gasteiger partial charge < -0.3 is 10.4 Å². The molecule has 1 aromatic rings. The summed E-state index contributed by atoms with van der Waals surface area (Å²) in [5.74, 6) is 0.549. The number of anilines is 1. The number of rotatable bonds is 1. The van der Waals surface area contributed by atoms with Crippen molar-refractivity contribution in [2.45, 2.75) is 39.3 Å². The number of aliphatic hydroxyl groups excluding tert-OH is 1. The summed E-state index contributed by atoms with van der Waals surface area (Å²) in [6.07, 6.45) is 0.502. The average Bonchev–Trinajstić information content (AvgIpc) is 2.19. The number of aliphatic hydroxyl groups is 1. The van der Waals surface area contributed by atoms with Crippen LogP contribution in [0.2, 0.25) is 0 Å². The van der Waals surface area contributed by atoms with Gasteiger partial charge in [0, 0.05) is 17.3 Å². The Labute approximate surface area is 91.3 Å². The highest BCUT2D eigenvalue weighted by molar-refractivity contribution is 5.60. The quantitative estimate of drug-likeness (QED) is 0.739. The molecule has 1 aromatic carbocycles. The van der Waals surface area contributed by atoms with Crippen LogP contribution in [0.15, 0.2) is 18.2 Å². The smallest absolute Gasteiger partial charge is 0.0829 e. The maximum atomic E-state index is 10.1. The summed E-state index contributed by atoms with van der Waals surface area (Å²) in [4.78, 5) is 0. The lowest BCUT2D eigenvalue weighted by Crippen LogP contribution is -2.32. The van der Waals surface area contributed by atoms with Gasteiger partial charge in [-0.25, -0.2) is 0 Å². The number of fused-ring (bicyclic) bond motifs is 1. The second-order valence-electron chi connectivity index (χ2n) is 4.79. The van der Waals surface area contributed by atoms with Crippen LogP contribution in [0.1, 0.15) is 37.5 Å². The van der Waals surface area contributed by atoms with E-state index in [-0.39, 0.29) is 6.10 Å². The Hall–Kier alpha value is -1.02. The van der Waals surface area contributed by atoms with Gasteiger partial charge in [-0.05, 0) is 24.8 Å². The van der Waals surface area contributed by atoms with Gasteiger partial charge >= 0.3 is 0 Å². The van der Waals surface area contributed by atoms with Crippen molar-refractivity contribution in [3.05, 3.63) is 29.3 Å². The van der Waals surface area contributed by atoms with E-state index in [1.165, 1.54) is 5.56 Å². The van der Waals surface area contributed by atoms with Crippen molar-refractivity contribution in [1.29, 1.82) is 0 Å². The topological polar surface area (TPSA) is 32.3 Å². The minimum atomic E-state index is -0.312. The van der Waals surface area contributed by atoms with Crippen molar-refractivity contribution >= 4 is 5.69 Å². The molecule has 2 atom stereocenters. The molecular weight excluding hydrogens is 186 g/mol. The van der Waals surface area contributed by atoms with Gasteiger partial charge in [-0.1, -0.05) is 32.0 Å². The molecule has 0 aromatic heterocycles. The summed E-state index contributed by atoms with van der Waals surface area (Å²) in [6, 6.07) is 6.49. The van der Waals surface area contributed by atoms with Crippen LogP contribution in [0.5, 0.6) is 0 Å². The van der Waals surface area contributed by atoms with Crippen molar-refractivity contribution < 1.29 is 5.11 Å². The molecular formula is C13H19NO. The zero-order valence-electron chi connectivity index (χ0n) is 9.62. The molecule has 0 aliphatic carbocycles. The second kappa shape index (κ2) is 3.86. The maximum absolute atomic E-state index is 10.1. The van der Waals surface area contributed by atoms with E-state index in [4.69, 9.17) is 0 Å². The summed E-state index contributed by atoms with van der Waals surface area (Å²) in [5.41, 5.74) is 3.40. The van der Waals surface area contributed by atoms with Crippen molar-refractivity contribution in [2.24, 2.45) is 5.92 Å². The number of para-hydroxylation sites is 1. The van der Waals surface area contributed by atoms with E-state index in [2.05, 4.69) is 32.2 Å². The zero-order valence-corrected chi connectivity index (χ0v) is 9.62. The molecule has 1 aliphatic rings. The third-order valence-electron chi connectivity index (χ3n) is 3.28. The lowest BCUT2D eigenvalue weighted by atomic mass is 9.88. The summed E-state index contributed by atoms with van der Waals surface area (Å²) >= 11 is 0. The van der Waals surface area contributed by atoms with E-state index in [0.29, 0.717) is 12.0 Å². The number of hydrogen-bond donors (Lipinski definition) is 2. The fourth-order valence-electron chi connectivity index (χ4n) is 2.22. The van der Waals surface area contributed by atoms with Crippen LogP contribution in [-0.4, -0.2) is 11.1 Å². The molecule has 2 rings (SSSR count). The Morgan fingerprint density at radius 2 is 2.13 bits per heavy atom. The van der Waals surface area contributed by atoms with Gasteiger partial charge in [-0.2, -0.15) is 0 Å². The van der Waals surface area contributed by atoms with Gasteiger partial charge in [0.25, 0.3) is 0 Å². The van der Waals surface area contributed by atoms with Crippen LogP contribution in [0.25, 0.3) is 0 Å². The fourth-order valence-corrected chi connectivity index (χ4v) is 2.22. The normalized spacial score (nSPS) is 24.9. The summed E-state index contributed by atoms with van der Waals surface area (Å²) in [5, 5.41) is 13.6. The predicted octanol–water partition coefficient (Wildman–Crippen LogP) is 2.87. The molecule has 0 fully saturated rings. The zero-order chi connectivity index (χ0) is 11.0. The number of benzene rings is 1. The van der Waals surface area contributed by atoms with Crippen molar-refractivity contribution in [1.82, 2.24) is 0 Å². The number of hydrogen-bond acceptors (Lipinski definition) is 2. The van der Waals surface area contributed by atoms with Gasteiger partial charge in [0.1, 0.15) is 0 Å². The minimum Gasteiger partial charge on any atom is -0.388 e. The van der Waals surface area contributed by atoms with E-state index in [0.717, 1.165) is 17.7 Å². The van der Waals surface area contributed by atoms with Crippen LogP contribution in [0.4, 0.5) is 5.69 Å². The predicted molar refractivity (Wildman–Crippen MR) is 63.0 cm³/mol. The molecule has 0 saturated heterocycles. The molecule has 0 radical (unpaired) electrons. The summed E-state index contributed by atoms with van der Waals surface area (Å²) < 4.78 is 0. The molecule has 0 spiro atoms. The van der Waals surface area contributed by atoms with E-state index in [1.54, 1.807) is 0 Å². The number of nitrogens with one attached hydrogen (secondary N) is 1. The Bertz CT molecular complexity index is 360. The maximum Gasteiger partial charge on any atom is 0.0829 e. The fraction of sp³-hybridized carbons (Fsp3) is 0.538. The lowest BCUT2D eigenvalue weighted by Gasteiger charge is -2.34. The highest BCUT2D eigenvalue weighted by Gasteiger charge is 2.27. The Morgan fingerprint density at radius 1 is 1.40 bits per heavy atom. The van der Waals surface area contributed by atoms with Crippen molar-refractivity contribution in [3.63, 3.8) is 0 Å². The Balaban J connectivity index is 2.37. The molecule has 2 heteroatoms. The van der Waals surface area contributed by atoms with Crippen molar-refractivity contribution in [3.8, 4) is 0 Å². The largest absolute Gasteiger partial charge is 0.388 e. The summed E-state index contributed by atoms with van der Waals surface area (Å²) in [7, 11) is 0. The standard InChI is InChI=1S/C13H19NO/c1-8(2)11-7-12(15)10-6-4-5-9(3)13(10)14-11/h4-6,8,11-12,14-15H,7H2,1-3H3. The monoisotopic (exact) mass is 205 g/mol. The van der Waals surface area contributed by atoms with Crippen LogP contribution >= 0.6 is 0 Å². The first-order chi connectivity index (χ1) is 7.09. The molecule has 0 amide bonds. The van der Waals surface area contributed by atoms with Gasteiger partial charge in [-0.15, -0.1) is 0 Å². The SMILES string of the molecule is Cc1cccc2c1NC(C(C)C)CC2O. The van der Waals surface area contributed by atoms with Gasteiger partial charge in [0.15, 0.2) is 0 Å². The molecule has 2 unspecified atom stereocenters. The molecule has 1 heterocycles. The second-order valence-corrected chi connectivity index (χ2v) is 4.79. The van der Waals surface area contributed by atoms with E-state index in [1.807, 2.05) is 12.1 Å². The molecule has 2 nitrogen and oxygen atoms in total. The molecule has 1 aliphatic heterocycles. The Kier molecular flexibility index (Phi) is 2.70. The Morgan fingerprint density at radius 3 is 2.80 bits per heavy atom. The van der Waals surface area contributed by atoms with Crippen LogP contribution < -0.4 is 5.32 Å². The average molecular weight is 205 g/mol. The highest BCUT2D eigenvalue weighted by Crippen LogP contribution is 2.36. The minimum absolute atomic E-state index is 0.312. The molecule has 2 N–H and O–H groups in total. The van der Waals surface area contributed by atoms with Crippen LogP contribution in [0, 0.1) is 12.8 Å². The van der Waals surface area contributed by atoms with E-state index >= 15 is 0 Å². The van der Waals surface area contributed by atoms with Gasteiger partial charge in [0.05, 0.1) is 6.10 Å². The van der Waals surface area contributed by atoms with Gasteiger partial charge in [0.2, 0.25) is 0 Å². The number of aryl methyl sites for hydroxylation is 1. The van der Waals surface area contributed by atoms with Crippen molar-refractivity contribution in [2.75, 3.05) is 5.32 Å². The molecule has 0 saturated carbocycles. The first kappa shape index (κ1) is 10.5. The third-order valence-corrected chi connectivity index (χ3v) is 3.28. The molecule has 82 valence electrons. The third kappa shape index (κ3) is 1.86. The summed E-state index contributed by atoms with van der Waals surface area (Å²) in [6.45, 7) is 6.46. The molecule has 0 bridgehead atoms. The van der Waals surface area contributed by atoms with Gasteiger partial charge in [-0.3, -0.25) is 0 Å². The van der Waals surface area contributed by atoms with E-state index < -0.39 is 0 Å². The first-order valence-electron chi connectivity index (χ1n) is 5.63.